The van der Waals surface area contributed by atoms with E-state index in [-0.39, 0.29) is 0 Å². The van der Waals surface area contributed by atoms with Crippen molar-refractivity contribution < 1.29 is 0.501 Å². The second kappa shape index (κ2) is 1.04. The molecule has 0 saturated carbocycles. The third kappa shape index (κ3) is 143. The third-order valence-electron chi connectivity index (χ3n) is 0. The van der Waals surface area contributed by atoms with Crippen LogP contribution in [0.25, 0.3) is 0 Å². The Morgan fingerprint density at radius 3 is 0.571 bits per heavy atom. The van der Waals surface area contributed by atoms with Crippen molar-refractivity contribution in [3.63, 3.8) is 0 Å². The molecule has 44 valence electrons. The second-order valence-electron chi connectivity index (χ2n) is 1.52. The first-order valence-electron chi connectivity index (χ1n) is 1.60. The summed E-state index contributed by atoms with van der Waals surface area (Å²) < 4.78 is 59.7. The van der Waals surface area contributed by atoms with Crippen molar-refractivity contribution in [2.24, 2.45) is 0 Å². The molecule has 0 amide bonds. The molecule has 0 nitrogen and oxygen atoms in total. The first-order chi connectivity index (χ1) is 2.45. The van der Waals surface area contributed by atoms with Gasteiger partial charge in [-0.1, -0.05) is 0 Å². The van der Waals surface area contributed by atoms with E-state index < -0.39 is 40.3 Å². The molecule has 0 unspecified atom stereocenters. The van der Waals surface area contributed by atoms with E-state index in [9.17, 15) is 0.501 Å². The number of rotatable bonds is 0. The quantitative estimate of drug-likeness (QED) is 0.457. The number of halogens is 6. The van der Waals surface area contributed by atoms with Crippen LogP contribution in [0.5, 0.6) is 0 Å². The van der Waals surface area contributed by atoms with Crippen LogP contribution in [0.3, 0.4) is 0 Å². The molecule has 0 aromatic carbocycles. The van der Waals surface area contributed by atoms with E-state index in [1.54, 1.807) is 0 Å². The normalized spacial score (nSPS) is 18.0. The van der Waals surface area contributed by atoms with Gasteiger partial charge < -0.3 is 0 Å². The summed E-state index contributed by atoms with van der Waals surface area (Å²) in [4.78, 5) is 0. The van der Waals surface area contributed by atoms with Gasteiger partial charge in [0.1, 0.15) is 0 Å². The van der Waals surface area contributed by atoms with Gasteiger partial charge in [0.15, 0.2) is 0 Å². The predicted octanol–water partition coefficient (Wildman–Crippen LogP) is 2.14. The van der Waals surface area contributed by atoms with Crippen molar-refractivity contribution in [1.29, 1.82) is 0 Å². The second-order valence-corrected chi connectivity index (χ2v) is 11.0. The zero-order valence-electron chi connectivity index (χ0n) is 2.97. The average molecular weight is 251 g/mol. The standard InChI is InChI=1S/Ba.6FH/h;6*1H/q+6;;;;;;/p-6. The van der Waals surface area contributed by atoms with E-state index in [1.165, 1.54) is 0 Å². The monoisotopic (exact) mass is 252 g/mol. The van der Waals surface area contributed by atoms with E-state index in [1.807, 2.05) is 0 Å². The molecule has 0 aliphatic carbocycles. The number of hydrogen-bond acceptors (Lipinski definition) is 0. The molecule has 0 heterocycles. The molecule has 7 heavy (non-hydrogen) atoms. The molecule has 0 aromatic heterocycles. The molecule has 0 fully saturated rings. The van der Waals surface area contributed by atoms with Crippen LogP contribution < -0.4 is 0 Å². The Morgan fingerprint density at radius 2 is 0.571 bits per heavy atom. The zero-order valence-corrected chi connectivity index (χ0v) is 7.42. The van der Waals surface area contributed by atoms with Crippen LogP contribution in [0.15, 0.2) is 0 Å². The predicted molar refractivity (Wildman–Crippen MR) is 12.4 cm³/mol. The van der Waals surface area contributed by atoms with Gasteiger partial charge in [0, 0.05) is 0 Å². The molecular weight excluding hydrogens is 251 g/mol. The summed E-state index contributed by atoms with van der Waals surface area (Å²) in [5, 5.41) is 0. The van der Waals surface area contributed by atoms with Crippen molar-refractivity contribution in [3.05, 3.63) is 0 Å². The molecule has 0 aromatic rings. The summed E-state index contributed by atoms with van der Waals surface area (Å²) in [6, 6.07) is 0. The molecule has 0 radical (unpaired) electrons. The van der Waals surface area contributed by atoms with E-state index in [4.69, 9.17) is 0 Å². The summed E-state index contributed by atoms with van der Waals surface area (Å²) >= 11 is -11.5. The average Bonchev–Trinajstić information content (AvgIpc) is 0.592. The van der Waals surface area contributed by atoms with Gasteiger partial charge >= 0.3 is 40.8 Å². The first kappa shape index (κ1) is 8.15. The molecule has 0 bridgehead atoms. The van der Waals surface area contributed by atoms with Crippen molar-refractivity contribution in [2.45, 2.75) is 0 Å². The third-order valence-corrected chi connectivity index (χ3v) is 0. The Bertz CT molecular complexity index is 62.7. The summed E-state index contributed by atoms with van der Waals surface area (Å²) in [6.07, 6.45) is 0. The van der Waals surface area contributed by atoms with Gasteiger partial charge in [-0.2, -0.15) is 0 Å². The van der Waals surface area contributed by atoms with Gasteiger partial charge in [-0.25, -0.2) is 0 Å². The molecule has 0 aliphatic heterocycles. The molecule has 0 spiro atoms. The summed E-state index contributed by atoms with van der Waals surface area (Å²) in [5.74, 6) is 0. The molecule has 7 heteroatoms. The fourth-order valence-corrected chi connectivity index (χ4v) is 0. The molecule has 0 N–H and O–H groups in total. The van der Waals surface area contributed by atoms with Crippen LogP contribution in [0.1, 0.15) is 0 Å². The first-order valence-corrected chi connectivity index (χ1v) is 11.7. The van der Waals surface area contributed by atoms with E-state index in [0.717, 1.165) is 0 Å². The Labute approximate surface area is 40.0 Å². The van der Waals surface area contributed by atoms with Crippen LogP contribution in [-0.2, 0) is 0 Å². The van der Waals surface area contributed by atoms with Gasteiger partial charge in [0.25, 0.3) is 0 Å². The Balaban J connectivity index is 4.43. The summed E-state index contributed by atoms with van der Waals surface area (Å²) in [6.45, 7) is 0. The van der Waals surface area contributed by atoms with Crippen LogP contribution in [0.2, 0.25) is 0 Å². The van der Waals surface area contributed by atoms with Crippen molar-refractivity contribution in [1.82, 2.24) is 0 Å². The summed E-state index contributed by atoms with van der Waals surface area (Å²) in [5.41, 5.74) is 0. The molecular formula is BaF6. The fraction of sp³-hybridized carbons (Fsp3) is 0. The Hall–Kier alpha value is 1.15. The van der Waals surface area contributed by atoms with Crippen molar-refractivity contribution >= 4 is 40.3 Å². The topological polar surface area (TPSA) is 0 Å². The van der Waals surface area contributed by atoms with Crippen molar-refractivity contribution in [2.75, 3.05) is 0 Å². The van der Waals surface area contributed by atoms with Gasteiger partial charge in [-0.3, -0.25) is 0 Å². The van der Waals surface area contributed by atoms with E-state index in [0.29, 0.717) is 0 Å². The van der Waals surface area contributed by atoms with Crippen LogP contribution >= 0.6 is 0 Å². The maximum absolute atomic E-state index is 11.5. The zero-order chi connectivity index (χ0) is 6.41. The minimum atomic E-state index is -11.5. The van der Waals surface area contributed by atoms with Gasteiger partial charge in [-0.15, -0.1) is 0 Å². The van der Waals surface area contributed by atoms with Gasteiger partial charge in [0.05, 0.1) is 0 Å². The van der Waals surface area contributed by atoms with Crippen LogP contribution in [0, 0.1) is 0 Å². The molecule has 0 rings (SSSR count). The van der Waals surface area contributed by atoms with E-state index in [2.05, 4.69) is 0 Å². The van der Waals surface area contributed by atoms with Gasteiger partial charge in [0.2, 0.25) is 0 Å². The van der Waals surface area contributed by atoms with Crippen LogP contribution in [0.4, 0.5) is 0.501 Å². The summed E-state index contributed by atoms with van der Waals surface area (Å²) in [7, 11) is 0. The van der Waals surface area contributed by atoms with Crippen molar-refractivity contribution in [3.8, 4) is 0 Å². The molecule has 0 saturated heterocycles. The molecule has 0 atom stereocenters. The maximum atomic E-state index is 9.95. The van der Waals surface area contributed by atoms with Crippen LogP contribution in [-0.4, -0.2) is 40.3 Å². The fourth-order valence-electron chi connectivity index (χ4n) is 0. The Kier molecular flexibility index (Phi) is 1.21. The van der Waals surface area contributed by atoms with Gasteiger partial charge in [-0.05, 0) is 0 Å². The number of hydrogen-bond donors (Lipinski definition) is 0. The SMILES string of the molecule is [F][Ba]([F])([F])([F])([F])[F]. The van der Waals surface area contributed by atoms with E-state index >= 15 is 0 Å². The minimum absolute atomic E-state index is 9.95. The molecule has 0 aliphatic rings. The Morgan fingerprint density at radius 1 is 0.571 bits per heavy atom.